The van der Waals surface area contributed by atoms with E-state index in [0.29, 0.717) is 37.2 Å². The third kappa shape index (κ3) is 5.55. The highest BCUT2D eigenvalue weighted by Gasteiger charge is 2.43. The average Bonchev–Trinajstić information content (AvgIpc) is 3.84. The van der Waals surface area contributed by atoms with Gasteiger partial charge in [-0.2, -0.15) is 0 Å². The Balaban J connectivity index is 1.28. The summed E-state index contributed by atoms with van der Waals surface area (Å²) in [6.45, 7) is 1.13. The molecule has 0 radical (unpaired) electrons. The highest BCUT2D eigenvalue weighted by Crippen LogP contribution is 2.47. The van der Waals surface area contributed by atoms with Gasteiger partial charge >= 0.3 is 5.97 Å². The van der Waals surface area contributed by atoms with E-state index in [4.69, 9.17) is 4.74 Å². The molecule has 4 aromatic carbocycles. The number of esters is 1. The fourth-order valence-corrected chi connectivity index (χ4v) is 5.95. The van der Waals surface area contributed by atoms with Gasteiger partial charge in [0.05, 0.1) is 12.7 Å². The van der Waals surface area contributed by atoms with Crippen LogP contribution in [0.3, 0.4) is 0 Å². The van der Waals surface area contributed by atoms with Crippen molar-refractivity contribution < 1.29 is 23.5 Å². The molecular formula is C35H31FN2O4. The minimum Gasteiger partial charge on any atom is -0.465 e. The lowest BCUT2D eigenvalue weighted by Crippen LogP contribution is -2.37. The van der Waals surface area contributed by atoms with E-state index in [-0.39, 0.29) is 23.7 Å². The van der Waals surface area contributed by atoms with Crippen LogP contribution in [0.15, 0.2) is 91.0 Å². The fraction of sp³-hybridized carbons (Fsp3) is 0.229. The van der Waals surface area contributed by atoms with Gasteiger partial charge in [0, 0.05) is 31.1 Å². The van der Waals surface area contributed by atoms with E-state index in [2.05, 4.69) is 17.4 Å². The Morgan fingerprint density at radius 2 is 1.69 bits per heavy atom. The lowest BCUT2D eigenvalue weighted by Gasteiger charge is -2.32. The third-order valence-electron chi connectivity index (χ3n) is 8.27. The van der Waals surface area contributed by atoms with E-state index in [1.54, 1.807) is 17.0 Å². The van der Waals surface area contributed by atoms with E-state index in [0.717, 1.165) is 34.2 Å². The summed E-state index contributed by atoms with van der Waals surface area (Å²) in [4.78, 5) is 40.4. The molecule has 2 amide bonds. The molecule has 1 aliphatic carbocycles. The van der Waals surface area contributed by atoms with E-state index in [9.17, 15) is 18.8 Å². The zero-order valence-corrected chi connectivity index (χ0v) is 23.3. The van der Waals surface area contributed by atoms with E-state index < -0.39 is 11.8 Å². The van der Waals surface area contributed by atoms with Crippen molar-refractivity contribution >= 4 is 17.8 Å². The molecule has 7 heteroatoms. The predicted octanol–water partition coefficient (Wildman–Crippen LogP) is 5.90. The Kier molecular flexibility index (Phi) is 7.57. The molecule has 1 heterocycles. The number of methoxy groups -OCH3 is 1. The zero-order chi connectivity index (χ0) is 29.2. The van der Waals surface area contributed by atoms with Gasteiger partial charge in [0.2, 0.25) is 5.91 Å². The Bertz CT molecular complexity index is 1670. The van der Waals surface area contributed by atoms with Crippen molar-refractivity contribution in [2.75, 3.05) is 13.7 Å². The maximum atomic E-state index is 13.9. The summed E-state index contributed by atoms with van der Waals surface area (Å²) in [6, 6.07) is 27.1. The Morgan fingerprint density at radius 3 is 2.48 bits per heavy atom. The molecule has 42 heavy (non-hydrogen) atoms. The molecule has 1 N–H and O–H groups in total. The summed E-state index contributed by atoms with van der Waals surface area (Å²) in [5.41, 5.74) is 6.74. The number of nitrogens with zero attached hydrogens (tertiary/aromatic N) is 1. The van der Waals surface area contributed by atoms with Crippen LogP contribution in [-0.4, -0.2) is 36.3 Å². The molecule has 1 saturated carbocycles. The van der Waals surface area contributed by atoms with Gasteiger partial charge in [-0.25, -0.2) is 9.18 Å². The number of carbonyl (C=O) groups excluding carboxylic acids is 3. The van der Waals surface area contributed by atoms with Crippen LogP contribution in [0.5, 0.6) is 0 Å². The molecule has 212 valence electrons. The number of rotatable bonds is 7. The molecule has 2 atom stereocenters. The van der Waals surface area contributed by atoms with Crippen molar-refractivity contribution in [1.29, 1.82) is 0 Å². The number of amides is 2. The highest BCUT2D eigenvalue weighted by atomic mass is 19.1. The number of ether oxygens (including phenoxy) is 1. The van der Waals surface area contributed by atoms with Crippen molar-refractivity contribution in [3.05, 3.63) is 130 Å². The summed E-state index contributed by atoms with van der Waals surface area (Å²) in [5.74, 6) is -0.888. The first-order valence-electron chi connectivity index (χ1n) is 14.1. The van der Waals surface area contributed by atoms with Gasteiger partial charge in [0.15, 0.2) is 0 Å². The Labute approximate surface area is 244 Å². The molecule has 0 saturated heterocycles. The first-order valence-corrected chi connectivity index (χ1v) is 14.1. The first kappa shape index (κ1) is 27.4. The Hall–Kier alpha value is -4.78. The number of nitrogens with one attached hydrogen (secondary N) is 1. The van der Waals surface area contributed by atoms with Gasteiger partial charge in [-0.15, -0.1) is 0 Å². The van der Waals surface area contributed by atoms with Gasteiger partial charge in [0.1, 0.15) is 5.82 Å². The summed E-state index contributed by atoms with van der Waals surface area (Å²) < 4.78 is 18.8. The van der Waals surface area contributed by atoms with Crippen LogP contribution in [0.1, 0.15) is 55.3 Å². The molecule has 4 aromatic rings. The van der Waals surface area contributed by atoms with Gasteiger partial charge in [0.25, 0.3) is 5.91 Å². The highest BCUT2D eigenvalue weighted by molar-refractivity contribution is 5.94. The number of hydrogen-bond acceptors (Lipinski definition) is 4. The SMILES string of the molecule is COC(=O)c1cccc(-c2ccc(CNC(=O)[C@H]3C[C@@H]3c3ccccc3)c3c2CCN(C(=O)c2cccc(F)c2)C3)c1. The van der Waals surface area contributed by atoms with Crippen LogP contribution in [0.2, 0.25) is 0 Å². The summed E-state index contributed by atoms with van der Waals surface area (Å²) in [6.07, 6.45) is 1.41. The zero-order valence-electron chi connectivity index (χ0n) is 23.3. The molecule has 2 aliphatic rings. The smallest absolute Gasteiger partial charge is 0.337 e. The van der Waals surface area contributed by atoms with Crippen molar-refractivity contribution in [3.63, 3.8) is 0 Å². The lowest BCUT2D eigenvalue weighted by molar-refractivity contribution is -0.122. The van der Waals surface area contributed by atoms with Crippen LogP contribution >= 0.6 is 0 Å². The molecule has 6 nitrogen and oxygen atoms in total. The molecule has 6 rings (SSSR count). The van der Waals surface area contributed by atoms with Crippen LogP contribution in [0.25, 0.3) is 11.1 Å². The number of carbonyl (C=O) groups is 3. The third-order valence-corrected chi connectivity index (χ3v) is 8.27. The summed E-state index contributed by atoms with van der Waals surface area (Å²) >= 11 is 0. The number of benzene rings is 4. The van der Waals surface area contributed by atoms with Crippen molar-refractivity contribution in [1.82, 2.24) is 10.2 Å². The molecule has 0 unspecified atom stereocenters. The first-order chi connectivity index (χ1) is 20.4. The maximum absolute atomic E-state index is 13.9. The number of halogens is 1. The van der Waals surface area contributed by atoms with Crippen LogP contribution < -0.4 is 5.32 Å². The quantitative estimate of drug-likeness (QED) is 0.285. The maximum Gasteiger partial charge on any atom is 0.337 e. The molecular weight excluding hydrogens is 531 g/mol. The monoisotopic (exact) mass is 562 g/mol. The normalized spacial score (nSPS) is 17.2. The summed E-state index contributed by atoms with van der Waals surface area (Å²) in [7, 11) is 1.36. The van der Waals surface area contributed by atoms with Crippen LogP contribution in [0.4, 0.5) is 4.39 Å². The van der Waals surface area contributed by atoms with E-state index in [1.807, 2.05) is 48.5 Å². The van der Waals surface area contributed by atoms with E-state index >= 15 is 0 Å². The average molecular weight is 563 g/mol. The van der Waals surface area contributed by atoms with Gasteiger partial charge in [-0.1, -0.05) is 60.7 Å². The van der Waals surface area contributed by atoms with Crippen LogP contribution in [-0.2, 0) is 29.0 Å². The second-order valence-corrected chi connectivity index (χ2v) is 10.9. The minimum atomic E-state index is -0.455. The molecule has 0 aromatic heterocycles. The fourth-order valence-electron chi connectivity index (χ4n) is 5.95. The topological polar surface area (TPSA) is 75.7 Å². The molecule has 1 fully saturated rings. The Morgan fingerprint density at radius 1 is 0.905 bits per heavy atom. The van der Waals surface area contributed by atoms with Gasteiger partial charge < -0.3 is 15.0 Å². The minimum absolute atomic E-state index is 0.0240. The summed E-state index contributed by atoms with van der Waals surface area (Å²) in [5, 5.41) is 3.13. The van der Waals surface area contributed by atoms with Crippen molar-refractivity contribution in [3.8, 4) is 11.1 Å². The van der Waals surface area contributed by atoms with Crippen LogP contribution in [0, 0.1) is 11.7 Å². The standard InChI is InChI=1S/C35H31FN2O4/c1-42-35(41)25-11-5-9-23(17-25)28-14-13-26(20-37-33(39)31-19-30(31)22-7-3-2-4-8-22)32-21-38(16-15-29(28)32)34(40)24-10-6-12-27(36)18-24/h2-14,17-18,30-31H,15-16,19-21H2,1H3,(H,37,39)/t30-,31+/m1/s1. The molecule has 1 aliphatic heterocycles. The van der Waals surface area contributed by atoms with Crippen molar-refractivity contribution in [2.45, 2.75) is 31.8 Å². The largest absolute Gasteiger partial charge is 0.465 e. The van der Waals surface area contributed by atoms with E-state index in [1.165, 1.54) is 30.9 Å². The van der Waals surface area contributed by atoms with Gasteiger partial charge in [-0.3, -0.25) is 9.59 Å². The second kappa shape index (κ2) is 11.6. The lowest BCUT2D eigenvalue weighted by atomic mass is 9.87. The predicted molar refractivity (Wildman–Crippen MR) is 157 cm³/mol. The number of fused-ring (bicyclic) bond motifs is 1. The van der Waals surface area contributed by atoms with Gasteiger partial charge in [-0.05, 0) is 82.5 Å². The second-order valence-electron chi connectivity index (χ2n) is 10.9. The molecule has 0 bridgehead atoms. The number of hydrogen-bond donors (Lipinski definition) is 1. The molecule has 0 spiro atoms. The van der Waals surface area contributed by atoms with Crippen molar-refractivity contribution in [2.24, 2.45) is 5.92 Å².